The molecule has 0 aliphatic rings. The zero-order chi connectivity index (χ0) is 22.2. The molecule has 0 aliphatic carbocycles. The molecule has 0 unspecified atom stereocenters. The van der Waals surface area contributed by atoms with Crippen LogP contribution in [0, 0.1) is 18.6 Å². The van der Waals surface area contributed by atoms with Gasteiger partial charge in [-0.3, -0.25) is 14.2 Å². The van der Waals surface area contributed by atoms with Crippen LogP contribution in [-0.2, 0) is 10.2 Å². The minimum atomic E-state index is -1.49. The summed E-state index contributed by atoms with van der Waals surface area (Å²) >= 11 is 0. The topological polar surface area (TPSA) is 79.5 Å². The van der Waals surface area contributed by atoms with Crippen molar-refractivity contribution < 1.29 is 28.6 Å². The number of phenols is 1. The summed E-state index contributed by atoms with van der Waals surface area (Å²) in [5.74, 6) is -3.99. The summed E-state index contributed by atoms with van der Waals surface area (Å²) in [6.45, 7) is 4.95. The quantitative estimate of drug-likeness (QED) is 0.583. The van der Waals surface area contributed by atoms with Gasteiger partial charge in [0.1, 0.15) is 5.82 Å². The van der Waals surface area contributed by atoms with Gasteiger partial charge in [-0.1, -0.05) is 25.8 Å². The van der Waals surface area contributed by atoms with Crippen molar-refractivity contribution in [2.75, 3.05) is 0 Å². The number of fused-ring (bicyclic) bond motifs is 1. The van der Waals surface area contributed by atoms with Gasteiger partial charge in [0, 0.05) is 22.2 Å². The van der Waals surface area contributed by atoms with Gasteiger partial charge in [0.2, 0.25) is 0 Å². The number of carbonyl (C=O) groups excluding carboxylic acids is 1. The molecule has 2 N–H and O–H groups in total. The van der Waals surface area contributed by atoms with E-state index in [1.54, 1.807) is 0 Å². The first-order valence-corrected chi connectivity index (χ1v) is 9.70. The number of hydrogen-bond acceptors (Lipinski definition) is 3. The predicted octanol–water partition coefficient (Wildman–Crippen LogP) is 5.15. The van der Waals surface area contributed by atoms with Crippen LogP contribution in [0.15, 0.2) is 36.4 Å². The van der Waals surface area contributed by atoms with Crippen LogP contribution in [-0.4, -0.2) is 26.7 Å². The van der Waals surface area contributed by atoms with E-state index in [2.05, 4.69) is 0 Å². The second-order valence-electron chi connectivity index (χ2n) is 7.64. The summed E-state index contributed by atoms with van der Waals surface area (Å²) in [7, 11) is 0. The molecule has 0 saturated heterocycles. The van der Waals surface area contributed by atoms with Crippen molar-refractivity contribution in [2.24, 2.45) is 0 Å². The number of halogens is 2. The first-order chi connectivity index (χ1) is 14.1. The van der Waals surface area contributed by atoms with Gasteiger partial charge in [-0.25, -0.2) is 8.78 Å². The van der Waals surface area contributed by atoms with Crippen LogP contribution in [0.2, 0.25) is 0 Å². The number of carbonyl (C=O) groups is 2. The summed E-state index contributed by atoms with van der Waals surface area (Å²) in [5, 5.41) is 19.9. The Morgan fingerprint density at radius 3 is 2.47 bits per heavy atom. The van der Waals surface area contributed by atoms with Gasteiger partial charge in [-0.15, -0.1) is 0 Å². The highest BCUT2D eigenvalue weighted by Gasteiger charge is 2.41. The minimum absolute atomic E-state index is 0.0422. The Morgan fingerprint density at radius 2 is 1.87 bits per heavy atom. The molecule has 5 nitrogen and oxygen atoms in total. The lowest BCUT2D eigenvalue weighted by Crippen LogP contribution is -2.33. The molecule has 1 aromatic heterocycles. The highest BCUT2D eigenvalue weighted by molar-refractivity contribution is 6.06. The van der Waals surface area contributed by atoms with Gasteiger partial charge >= 0.3 is 5.97 Å². The smallest absolute Gasteiger partial charge is 0.313 e. The van der Waals surface area contributed by atoms with Crippen molar-refractivity contribution in [1.82, 2.24) is 4.57 Å². The van der Waals surface area contributed by atoms with E-state index in [1.165, 1.54) is 42.7 Å². The lowest BCUT2D eigenvalue weighted by molar-refractivity contribution is -0.143. The average Bonchev–Trinajstić information content (AvgIpc) is 3.01. The molecule has 2 aromatic carbocycles. The number of unbranched alkanes of at least 4 members (excludes halogenated alkanes) is 1. The number of benzene rings is 2. The van der Waals surface area contributed by atoms with Crippen molar-refractivity contribution in [1.29, 1.82) is 0 Å². The fourth-order valence-corrected chi connectivity index (χ4v) is 4.01. The van der Waals surface area contributed by atoms with Crippen LogP contribution in [0.4, 0.5) is 8.78 Å². The van der Waals surface area contributed by atoms with E-state index >= 15 is 4.39 Å². The maximum absolute atomic E-state index is 15.1. The molecular weight excluding hydrogens is 392 g/mol. The van der Waals surface area contributed by atoms with E-state index in [0.29, 0.717) is 6.42 Å². The summed E-state index contributed by atoms with van der Waals surface area (Å²) in [6.07, 6.45) is 1.53. The maximum atomic E-state index is 15.1. The second kappa shape index (κ2) is 7.89. The zero-order valence-electron chi connectivity index (χ0n) is 17.0. The van der Waals surface area contributed by atoms with Crippen molar-refractivity contribution in [2.45, 2.75) is 45.4 Å². The largest absolute Gasteiger partial charge is 0.505 e. The lowest BCUT2D eigenvalue weighted by atomic mass is 9.76. The van der Waals surface area contributed by atoms with Crippen LogP contribution < -0.4 is 0 Å². The monoisotopic (exact) mass is 415 g/mol. The van der Waals surface area contributed by atoms with Crippen LogP contribution in [0.25, 0.3) is 10.9 Å². The number of rotatable bonds is 6. The van der Waals surface area contributed by atoms with Gasteiger partial charge in [-0.2, -0.15) is 0 Å². The van der Waals surface area contributed by atoms with Gasteiger partial charge in [0.15, 0.2) is 11.6 Å². The van der Waals surface area contributed by atoms with Crippen molar-refractivity contribution in [3.8, 4) is 5.75 Å². The van der Waals surface area contributed by atoms with Gasteiger partial charge in [-0.05, 0) is 50.6 Å². The van der Waals surface area contributed by atoms with Crippen molar-refractivity contribution >= 4 is 22.8 Å². The number of carboxylic acid groups (broad SMARTS) is 1. The molecule has 0 amide bonds. The summed E-state index contributed by atoms with van der Waals surface area (Å²) in [6, 6.07) is 7.56. The van der Waals surface area contributed by atoms with Crippen molar-refractivity contribution in [3.05, 3.63) is 64.9 Å². The Bertz CT molecular complexity index is 1150. The highest BCUT2D eigenvalue weighted by Crippen LogP contribution is 2.42. The molecule has 0 fully saturated rings. The van der Waals surface area contributed by atoms with E-state index in [0.717, 1.165) is 18.6 Å². The Balaban J connectivity index is 2.39. The number of aromatic hydroxyl groups is 1. The molecular formula is C23H23F2NO4. The van der Waals surface area contributed by atoms with Crippen LogP contribution in [0.1, 0.15) is 54.7 Å². The molecule has 1 heterocycles. The van der Waals surface area contributed by atoms with Crippen molar-refractivity contribution in [3.63, 3.8) is 0 Å². The van der Waals surface area contributed by atoms with Gasteiger partial charge < -0.3 is 10.2 Å². The van der Waals surface area contributed by atoms with E-state index in [-0.39, 0.29) is 34.1 Å². The van der Waals surface area contributed by atoms with E-state index < -0.39 is 34.7 Å². The highest BCUT2D eigenvalue weighted by atomic mass is 19.1. The standard InChI is InChI=1S/C23H23F2NO4/c1-4-5-11-23(3,22(29)30)19-13(2)26(16-9-10-17(27)20(25)18(16)19)21(28)14-7-6-8-15(24)12-14/h6-10,12,27H,4-5,11H2,1-3H3,(H,29,30)/t23-/m1/s1. The first kappa shape index (κ1) is 21.5. The lowest BCUT2D eigenvalue weighted by Gasteiger charge is -2.26. The third-order valence-corrected chi connectivity index (χ3v) is 5.62. The second-order valence-corrected chi connectivity index (χ2v) is 7.64. The average molecular weight is 415 g/mol. The number of nitrogens with zero attached hydrogens (tertiary/aromatic N) is 1. The molecule has 0 aliphatic heterocycles. The summed E-state index contributed by atoms with van der Waals surface area (Å²) < 4.78 is 29.9. The Morgan fingerprint density at radius 1 is 1.17 bits per heavy atom. The molecule has 30 heavy (non-hydrogen) atoms. The molecule has 0 bridgehead atoms. The fourth-order valence-electron chi connectivity index (χ4n) is 4.01. The molecule has 158 valence electrons. The molecule has 3 rings (SSSR count). The Kier molecular flexibility index (Phi) is 5.65. The normalized spacial score (nSPS) is 13.4. The third kappa shape index (κ3) is 3.34. The molecule has 0 spiro atoms. The number of carboxylic acids is 1. The number of aromatic nitrogens is 1. The van der Waals surface area contributed by atoms with Gasteiger partial charge in [0.05, 0.1) is 10.9 Å². The van der Waals surface area contributed by atoms with Crippen LogP contribution in [0.3, 0.4) is 0 Å². The third-order valence-electron chi connectivity index (χ3n) is 5.62. The SMILES string of the molecule is CCCC[C@@](C)(C(=O)O)c1c(C)n(C(=O)c2cccc(F)c2)c2ccc(O)c(F)c12. The van der Waals surface area contributed by atoms with Gasteiger partial charge in [0.25, 0.3) is 5.91 Å². The summed E-state index contributed by atoms with van der Waals surface area (Å²) in [4.78, 5) is 25.5. The number of aliphatic carboxylic acids is 1. The number of hydrogen-bond donors (Lipinski definition) is 2. The fraction of sp³-hybridized carbons (Fsp3) is 0.304. The van der Waals surface area contributed by atoms with Crippen LogP contribution >= 0.6 is 0 Å². The minimum Gasteiger partial charge on any atom is -0.505 e. The maximum Gasteiger partial charge on any atom is 0.313 e. The first-order valence-electron chi connectivity index (χ1n) is 9.70. The van der Waals surface area contributed by atoms with Crippen LogP contribution in [0.5, 0.6) is 5.75 Å². The van der Waals surface area contributed by atoms with E-state index in [1.807, 2.05) is 6.92 Å². The Labute approximate surface area is 172 Å². The molecule has 3 aromatic rings. The Hall–Kier alpha value is -3.22. The summed E-state index contributed by atoms with van der Waals surface area (Å²) in [5.41, 5.74) is -0.946. The number of phenolic OH excluding ortho intramolecular Hbond substituents is 1. The molecule has 1 atom stereocenters. The molecule has 0 radical (unpaired) electrons. The molecule has 0 saturated carbocycles. The van der Waals surface area contributed by atoms with E-state index in [9.17, 15) is 24.2 Å². The zero-order valence-corrected chi connectivity index (χ0v) is 17.0. The predicted molar refractivity (Wildman–Crippen MR) is 109 cm³/mol. The van der Waals surface area contributed by atoms with E-state index in [4.69, 9.17) is 0 Å². The molecule has 7 heteroatoms.